The number of hydrogen-bond donors (Lipinski definition) is 0. The van der Waals surface area contributed by atoms with Crippen LogP contribution in [0, 0.1) is 23.0 Å². The van der Waals surface area contributed by atoms with E-state index in [0.717, 1.165) is 11.1 Å². The van der Waals surface area contributed by atoms with E-state index in [2.05, 4.69) is 12.1 Å². The summed E-state index contributed by atoms with van der Waals surface area (Å²) < 4.78 is 10.4. The molecule has 0 aromatic heterocycles. The van der Waals surface area contributed by atoms with Crippen LogP contribution in [0.15, 0.2) is 36.4 Å². The van der Waals surface area contributed by atoms with Crippen LogP contribution in [-0.4, -0.2) is 11.9 Å². The summed E-state index contributed by atoms with van der Waals surface area (Å²) in [4.78, 5) is 23.1. The maximum absolute atomic E-state index is 11.6. The van der Waals surface area contributed by atoms with Crippen molar-refractivity contribution < 1.29 is 69.8 Å². The first-order valence-electron chi connectivity index (χ1n) is 9.44. The van der Waals surface area contributed by atoms with Crippen LogP contribution in [0.25, 0.3) is 0 Å². The summed E-state index contributed by atoms with van der Waals surface area (Å²) in [6.45, 7) is 10.9. The molecule has 0 saturated heterocycles. The van der Waals surface area contributed by atoms with Crippen molar-refractivity contribution in [3.8, 4) is 11.5 Å². The third kappa shape index (κ3) is 14.5. The molecule has 0 atom stereocenters. The summed E-state index contributed by atoms with van der Waals surface area (Å²) in [7, 11) is 0. The molecular formula is C24H28Cl3LiO4Zn. The Hall–Kier alpha value is -0.529. The predicted molar refractivity (Wildman–Crippen MR) is 120 cm³/mol. The minimum absolute atomic E-state index is 0. The number of carbonyl (C=O) groups excluding carboxylic acids is 2. The van der Waals surface area contributed by atoms with Crippen LogP contribution in [0.3, 0.4) is 0 Å². The van der Waals surface area contributed by atoms with Gasteiger partial charge in [-0.25, -0.2) is 0 Å². The zero-order valence-corrected chi connectivity index (χ0v) is 25.6. The van der Waals surface area contributed by atoms with Crippen molar-refractivity contribution in [1.29, 1.82) is 0 Å². The molecule has 0 saturated carbocycles. The molecule has 0 aliphatic rings. The number of halogens is 3. The van der Waals surface area contributed by atoms with E-state index < -0.39 is 10.8 Å². The molecule has 0 radical (unpaired) electrons. The maximum Gasteiger partial charge on any atom is 2.00 e. The molecule has 0 aliphatic heterocycles. The van der Waals surface area contributed by atoms with Crippen LogP contribution in [0.5, 0.6) is 11.5 Å². The molecule has 0 fully saturated rings. The summed E-state index contributed by atoms with van der Waals surface area (Å²) in [6.07, 6.45) is 0. The summed E-state index contributed by atoms with van der Waals surface area (Å²) in [5, 5.41) is 0. The SMILES string of the molecule is CC(C)(C)C(=O)Oc1cc[c-]c(CCl)c1.CC(C)(C)C(=O)Oc1cc[c-]c(CCl)c1.[Cl-].[Li+].[Zn+2]. The Bertz CT molecular complexity index is 794. The summed E-state index contributed by atoms with van der Waals surface area (Å²) in [5.74, 6) is 1.25. The third-order valence-electron chi connectivity index (χ3n) is 3.60. The Morgan fingerprint density at radius 2 is 1.09 bits per heavy atom. The molecule has 2 aromatic carbocycles. The van der Waals surface area contributed by atoms with Gasteiger partial charge in [-0.15, -0.1) is 58.6 Å². The second-order valence-corrected chi connectivity index (χ2v) is 9.18. The van der Waals surface area contributed by atoms with Gasteiger partial charge in [-0.1, -0.05) is 0 Å². The van der Waals surface area contributed by atoms with Crippen LogP contribution in [0.2, 0.25) is 0 Å². The number of ether oxygens (including phenoxy) is 2. The molecule has 2 rings (SSSR count). The molecule has 0 bridgehead atoms. The van der Waals surface area contributed by atoms with E-state index in [1.165, 1.54) is 0 Å². The van der Waals surface area contributed by atoms with Crippen molar-refractivity contribution in [3.05, 3.63) is 59.7 Å². The minimum atomic E-state index is -0.499. The number of hydrogen-bond acceptors (Lipinski definition) is 4. The molecule has 2 aromatic rings. The van der Waals surface area contributed by atoms with Gasteiger partial charge >= 0.3 is 50.3 Å². The van der Waals surface area contributed by atoms with Crippen molar-refractivity contribution >= 4 is 35.1 Å². The van der Waals surface area contributed by atoms with Crippen molar-refractivity contribution in [3.63, 3.8) is 0 Å². The molecule has 0 N–H and O–H groups in total. The Kier molecular flexibility index (Phi) is 19.1. The smallest absolute Gasteiger partial charge is 1.00 e. The molecule has 9 heteroatoms. The van der Waals surface area contributed by atoms with E-state index in [4.69, 9.17) is 32.7 Å². The van der Waals surface area contributed by atoms with Crippen LogP contribution in [0.1, 0.15) is 52.7 Å². The second-order valence-electron chi connectivity index (χ2n) is 8.65. The van der Waals surface area contributed by atoms with Crippen LogP contribution >= 0.6 is 23.2 Å². The molecule has 0 aliphatic carbocycles. The quantitative estimate of drug-likeness (QED) is 0.179. The fourth-order valence-electron chi connectivity index (χ4n) is 1.79. The minimum Gasteiger partial charge on any atom is -1.00 e. The van der Waals surface area contributed by atoms with Gasteiger partial charge < -0.3 is 21.9 Å². The normalized spacial score (nSPS) is 10.2. The van der Waals surface area contributed by atoms with Crippen molar-refractivity contribution in [2.45, 2.75) is 53.3 Å². The van der Waals surface area contributed by atoms with Crippen LogP contribution in [0.4, 0.5) is 0 Å². The zero-order chi connectivity index (χ0) is 22.9. The van der Waals surface area contributed by atoms with Gasteiger partial charge in [-0.05, 0) is 41.5 Å². The first-order valence-corrected chi connectivity index (χ1v) is 10.5. The van der Waals surface area contributed by atoms with E-state index in [1.807, 2.05) is 41.5 Å². The molecule has 4 nitrogen and oxygen atoms in total. The van der Waals surface area contributed by atoms with Gasteiger partial charge in [0.15, 0.2) is 0 Å². The van der Waals surface area contributed by atoms with Gasteiger partial charge in [0, 0.05) is 23.3 Å². The monoisotopic (exact) mass is 556 g/mol. The topological polar surface area (TPSA) is 52.6 Å². The van der Waals surface area contributed by atoms with Crippen LogP contribution in [-0.2, 0) is 40.8 Å². The summed E-state index contributed by atoms with van der Waals surface area (Å²) in [5.41, 5.74) is 0.633. The van der Waals surface area contributed by atoms with Gasteiger partial charge in [0.25, 0.3) is 0 Å². The Morgan fingerprint density at radius 3 is 1.33 bits per heavy atom. The molecule has 33 heavy (non-hydrogen) atoms. The maximum atomic E-state index is 11.6. The van der Waals surface area contributed by atoms with Crippen LogP contribution < -0.4 is 40.7 Å². The number of rotatable bonds is 4. The molecular weight excluding hydrogens is 531 g/mol. The van der Waals surface area contributed by atoms with Crippen molar-refractivity contribution in [2.75, 3.05) is 0 Å². The fourth-order valence-corrected chi connectivity index (χ4v) is 2.09. The molecule has 0 unspecified atom stereocenters. The van der Waals surface area contributed by atoms with E-state index in [-0.39, 0.29) is 62.7 Å². The Labute approximate surface area is 238 Å². The van der Waals surface area contributed by atoms with Gasteiger partial charge in [-0.2, -0.15) is 24.3 Å². The first-order chi connectivity index (χ1) is 13.9. The average molecular weight is 559 g/mol. The van der Waals surface area contributed by atoms with Gasteiger partial charge in [0.05, 0.1) is 10.8 Å². The largest absolute Gasteiger partial charge is 2.00 e. The van der Waals surface area contributed by atoms with E-state index >= 15 is 0 Å². The average Bonchev–Trinajstić information content (AvgIpc) is 2.67. The first kappa shape index (κ1) is 37.0. The Balaban J connectivity index is -0.000000500. The van der Waals surface area contributed by atoms with Crippen molar-refractivity contribution in [2.24, 2.45) is 10.8 Å². The standard InChI is InChI=1S/2C12H14ClO2.ClH.Li.Zn/c2*1-12(2,3)11(14)15-10-6-4-5-9(7-10)8-13;;;/h2*4,6-7H,8H2,1-3H3;1H;;/q2*-1;;+1;+2/p-1. The predicted octanol–water partition coefficient (Wildman–Crippen LogP) is 0.360. The van der Waals surface area contributed by atoms with Gasteiger partial charge in [0.1, 0.15) is 0 Å². The molecule has 0 amide bonds. The molecule has 0 heterocycles. The van der Waals surface area contributed by atoms with E-state index in [9.17, 15) is 9.59 Å². The summed E-state index contributed by atoms with van der Waals surface area (Å²) >= 11 is 11.3. The fraction of sp³-hybridized carbons (Fsp3) is 0.417. The number of carbonyl (C=O) groups is 2. The molecule has 172 valence electrons. The van der Waals surface area contributed by atoms with E-state index in [0.29, 0.717) is 23.3 Å². The van der Waals surface area contributed by atoms with E-state index in [1.54, 1.807) is 36.4 Å². The number of esters is 2. The molecule has 0 spiro atoms. The van der Waals surface area contributed by atoms with Crippen molar-refractivity contribution in [1.82, 2.24) is 0 Å². The second kappa shape index (κ2) is 17.0. The number of benzene rings is 2. The zero-order valence-electron chi connectivity index (χ0n) is 20.4. The third-order valence-corrected chi connectivity index (χ3v) is 4.18. The van der Waals surface area contributed by atoms with Gasteiger partial charge in [0.2, 0.25) is 0 Å². The summed E-state index contributed by atoms with van der Waals surface area (Å²) in [6, 6.07) is 16.1. The van der Waals surface area contributed by atoms with Gasteiger partial charge in [-0.3, -0.25) is 9.59 Å². The Morgan fingerprint density at radius 1 is 0.788 bits per heavy atom. The number of alkyl halides is 2.